The molecular formula is C26H16F2N4. The zero-order valence-electron chi connectivity index (χ0n) is 16.7. The molecule has 5 heterocycles. The van der Waals surface area contributed by atoms with Crippen LogP contribution in [0.3, 0.4) is 0 Å². The predicted octanol–water partition coefficient (Wildman–Crippen LogP) is 6.60. The molecule has 3 aromatic heterocycles. The number of aromatic nitrogens is 4. The fourth-order valence-corrected chi connectivity index (χ4v) is 4.00. The van der Waals surface area contributed by atoms with E-state index >= 15 is 0 Å². The van der Waals surface area contributed by atoms with E-state index < -0.39 is 11.6 Å². The van der Waals surface area contributed by atoms with Crippen LogP contribution in [0.15, 0.2) is 60.7 Å². The molecule has 6 heteroatoms. The molecule has 2 aliphatic heterocycles. The highest BCUT2D eigenvalue weighted by molar-refractivity contribution is 5.89. The third-order valence-corrected chi connectivity index (χ3v) is 5.43. The van der Waals surface area contributed by atoms with E-state index in [2.05, 4.69) is 19.9 Å². The van der Waals surface area contributed by atoms with Gasteiger partial charge in [-0.05, 0) is 78.9 Å². The van der Waals surface area contributed by atoms with Gasteiger partial charge in [-0.2, -0.15) is 0 Å². The molecule has 2 N–H and O–H groups in total. The molecule has 0 radical (unpaired) electrons. The van der Waals surface area contributed by atoms with Crippen LogP contribution < -0.4 is 0 Å². The van der Waals surface area contributed by atoms with Crippen LogP contribution in [0.25, 0.3) is 57.5 Å². The fourth-order valence-electron chi connectivity index (χ4n) is 4.00. The summed E-state index contributed by atoms with van der Waals surface area (Å²) in [5.74, 6) is -1.31. The summed E-state index contributed by atoms with van der Waals surface area (Å²) in [7, 11) is 0. The van der Waals surface area contributed by atoms with Crippen LogP contribution in [0.1, 0.15) is 22.8 Å². The van der Waals surface area contributed by atoms with Gasteiger partial charge in [0, 0.05) is 27.6 Å². The average Bonchev–Trinajstić information content (AvgIpc) is 3.55. The zero-order valence-corrected chi connectivity index (χ0v) is 16.7. The summed E-state index contributed by atoms with van der Waals surface area (Å²) in [4.78, 5) is 16.0. The van der Waals surface area contributed by atoms with Crippen LogP contribution >= 0.6 is 0 Å². The Morgan fingerprint density at radius 1 is 0.531 bits per heavy atom. The van der Waals surface area contributed by atoms with E-state index in [-0.39, 0.29) is 5.56 Å². The minimum absolute atomic E-state index is 0.137. The second-order valence-electron chi connectivity index (χ2n) is 7.65. The molecule has 0 saturated carbocycles. The van der Waals surface area contributed by atoms with E-state index in [4.69, 9.17) is 0 Å². The van der Waals surface area contributed by atoms with Gasteiger partial charge >= 0.3 is 0 Å². The molecule has 0 atom stereocenters. The van der Waals surface area contributed by atoms with Gasteiger partial charge in [0.2, 0.25) is 0 Å². The van der Waals surface area contributed by atoms with Crippen molar-refractivity contribution in [3.05, 3.63) is 95.1 Å². The highest BCUT2D eigenvalue weighted by atomic mass is 19.1. The van der Waals surface area contributed by atoms with Gasteiger partial charge in [-0.1, -0.05) is 6.07 Å². The van der Waals surface area contributed by atoms with Crippen molar-refractivity contribution in [3.8, 4) is 11.1 Å². The number of halogens is 2. The van der Waals surface area contributed by atoms with Crippen molar-refractivity contribution in [3.63, 3.8) is 0 Å². The van der Waals surface area contributed by atoms with Gasteiger partial charge in [0.15, 0.2) is 0 Å². The third-order valence-electron chi connectivity index (χ3n) is 5.43. The minimum atomic E-state index is -0.657. The van der Waals surface area contributed by atoms with Crippen LogP contribution in [0.5, 0.6) is 0 Å². The molecule has 2 aliphatic rings. The van der Waals surface area contributed by atoms with Crippen molar-refractivity contribution in [2.45, 2.75) is 0 Å². The Labute approximate surface area is 181 Å². The molecule has 0 saturated heterocycles. The number of nitrogens with one attached hydrogen (secondary N) is 2. The highest BCUT2D eigenvalue weighted by Crippen LogP contribution is 2.34. The Balaban J connectivity index is 1.75. The second kappa shape index (κ2) is 7.13. The first kappa shape index (κ1) is 18.4. The number of nitrogens with zero attached hydrogens (tertiary/aromatic N) is 2. The fraction of sp³-hybridized carbons (Fsp3) is 0. The van der Waals surface area contributed by atoms with Crippen molar-refractivity contribution in [2.75, 3.05) is 0 Å². The Hall–Kier alpha value is -4.32. The van der Waals surface area contributed by atoms with Gasteiger partial charge in [0.05, 0.1) is 28.3 Å². The van der Waals surface area contributed by atoms with Gasteiger partial charge in [-0.15, -0.1) is 0 Å². The molecule has 0 spiro atoms. The zero-order chi connectivity index (χ0) is 21.7. The van der Waals surface area contributed by atoms with E-state index in [9.17, 15) is 8.78 Å². The van der Waals surface area contributed by atoms with E-state index in [0.29, 0.717) is 28.3 Å². The molecule has 0 unspecified atom stereocenters. The summed E-state index contributed by atoms with van der Waals surface area (Å²) in [6.07, 6.45) is 7.17. The number of benzene rings is 1. The van der Waals surface area contributed by atoms with Crippen molar-refractivity contribution in [2.24, 2.45) is 0 Å². The monoisotopic (exact) mass is 422 g/mol. The van der Waals surface area contributed by atoms with E-state index in [0.717, 1.165) is 22.1 Å². The van der Waals surface area contributed by atoms with Crippen molar-refractivity contribution in [1.82, 2.24) is 19.9 Å². The smallest absolute Gasteiger partial charge is 0.134 e. The lowest BCUT2D eigenvalue weighted by atomic mass is 10.0. The number of hydrogen-bond acceptors (Lipinski definition) is 2. The summed E-state index contributed by atoms with van der Waals surface area (Å²) in [5.41, 5.74) is 6.08. The molecule has 4 nitrogen and oxygen atoms in total. The summed E-state index contributed by atoms with van der Waals surface area (Å²) in [5, 5.41) is 0. The summed E-state index contributed by atoms with van der Waals surface area (Å²) in [6.45, 7) is 0. The van der Waals surface area contributed by atoms with Crippen molar-refractivity contribution >= 4 is 46.4 Å². The Morgan fingerprint density at radius 3 is 1.50 bits per heavy atom. The quantitative estimate of drug-likeness (QED) is 0.314. The summed E-state index contributed by atoms with van der Waals surface area (Å²) >= 11 is 0. The molecule has 4 aromatic rings. The number of rotatable bonds is 1. The summed E-state index contributed by atoms with van der Waals surface area (Å²) in [6, 6.07) is 17.5. The first-order chi connectivity index (χ1) is 15.6. The van der Waals surface area contributed by atoms with Gasteiger partial charge in [0.25, 0.3) is 0 Å². The maximum atomic E-state index is 14.8. The third kappa shape index (κ3) is 3.22. The first-order valence-corrected chi connectivity index (χ1v) is 10.1. The molecule has 8 bridgehead atoms. The number of H-pyrrole nitrogens is 2. The number of hydrogen-bond donors (Lipinski definition) is 2. The van der Waals surface area contributed by atoms with Crippen LogP contribution in [0.4, 0.5) is 8.78 Å². The van der Waals surface area contributed by atoms with E-state index in [1.807, 2.05) is 54.6 Å². The topological polar surface area (TPSA) is 57.4 Å². The molecule has 0 aliphatic carbocycles. The van der Waals surface area contributed by atoms with Crippen molar-refractivity contribution < 1.29 is 8.78 Å². The Morgan fingerprint density at radius 2 is 1.00 bits per heavy atom. The average molecular weight is 422 g/mol. The van der Waals surface area contributed by atoms with Gasteiger partial charge < -0.3 is 9.97 Å². The normalized spacial score (nSPS) is 12.4. The lowest BCUT2D eigenvalue weighted by Crippen LogP contribution is -1.95. The first-order valence-electron chi connectivity index (χ1n) is 10.1. The van der Waals surface area contributed by atoms with Gasteiger partial charge in [0.1, 0.15) is 11.6 Å². The molecular weight excluding hydrogens is 406 g/mol. The van der Waals surface area contributed by atoms with Crippen LogP contribution in [0, 0.1) is 11.6 Å². The SMILES string of the molecule is Fc1cccc(F)c1-c1c2nc(cc3ccc(cc4ccc(cc5nc1C=C5)[nH]4)[nH]3)C=C2. The van der Waals surface area contributed by atoms with Crippen molar-refractivity contribution in [1.29, 1.82) is 0 Å². The second-order valence-corrected chi connectivity index (χ2v) is 7.65. The Kier molecular flexibility index (Phi) is 4.11. The lowest BCUT2D eigenvalue weighted by molar-refractivity contribution is 0.589. The molecule has 154 valence electrons. The lowest BCUT2D eigenvalue weighted by Gasteiger charge is -2.07. The predicted molar refractivity (Wildman–Crippen MR) is 124 cm³/mol. The Bertz CT molecular complexity index is 1490. The van der Waals surface area contributed by atoms with Crippen LogP contribution in [-0.4, -0.2) is 19.9 Å². The number of aromatic amines is 2. The van der Waals surface area contributed by atoms with Crippen LogP contribution in [-0.2, 0) is 0 Å². The molecule has 0 fully saturated rings. The van der Waals surface area contributed by atoms with Gasteiger partial charge in [-0.25, -0.2) is 18.7 Å². The minimum Gasteiger partial charge on any atom is -0.355 e. The highest BCUT2D eigenvalue weighted by Gasteiger charge is 2.20. The molecule has 32 heavy (non-hydrogen) atoms. The van der Waals surface area contributed by atoms with Gasteiger partial charge in [-0.3, -0.25) is 0 Å². The maximum absolute atomic E-state index is 14.8. The van der Waals surface area contributed by atoms with E-state index in [1.165, 1.54) is 18.2 Å². The maximum Gasteiger partial charge on any atom is 0.134 e. The summed E-state index contributed by atoms with van der Waals surface area (Å²) < 4.78 is 29.6. The molecule has 0 amide bonds. The van der Waals surface area contributed by atoms with E-state index in [1.54, 1.807) is 12.2 Å². The number of fused-ring (bicyclic) bond motifs is 8. The van der Waals surface area contributed by atoms with Crippen LogP contribution in [0.2, 0.25) is 0 Å². The molecule has 6 rings (SSSR count). The largest absolute Gasteiger partial charge is 0.355 e. The standard InChI is InChI=1S/C26H16F2N4/c27-21-2-1-3-22(28)25(21)26-23-10-8-19(31-23)13-17-6-4-15(29-17)12-16-5-7-18(30-16)14-20-9-11-24(26)32-20/h1-14,29-30H. The molecule has 1 aromatic carbocycles.